The Bertz CT molecular complexity index is 590. The Morgan fingerprint density at radius 2 is 1.76 bits per heavy atom. The number of nitriles is 1. The summed E-state index contributed by atoms with van der Waals surface area (Å²) in [6, 6.07) is 12.0. The molecule has 0 heterocycles. The van der Waals surface area contributed by atoms with Crippen molar-refractivity contribution in [3.05, 3.63) is 59.7 Å². The van der Waals surface area contributed by atoms with Crippen molar-refractivity contribution in [2.24, 2.45) is 0 Å². The van der Waals surface area contributed by atoms with E-state index in [0.717, 1.165) is 17.8 Å². The fourth-order valence-corrected chi connectivity index (χ4v) is 2.22. The monoisotopic (exact) mass is 247 g/mol. The first-order valence-electron chi connectivity index (χ1n) is 4.83. The van der Waals surface area contributed by atoms with Gasteiger partial charge in [0.15, 0.2) is 0 Å². The number of rotatable bonds is 2. The van der Waals surface area contributed by atoms with Crippen LogP contribution in [0, 0.1) is 23.0 Å². The molecule has 2 aromatic rings. The summed E-state index contributed by atoms with van der Waals surface area (Å²) in [5.41, 5.74) is 0.207. The maximum absolute atomic E-state index is 13.4. The second-order valence-electron chi connectivity index (χ2n) is 3.28. The zero-order valence-corrected chi connectivity index (χ0v) is 9.47. The summed E-state index contributed by atoms with van der Waals surface area (Å²) in [4.78, 5) is 0.953. The van der Waals surface area contributed by atoms with Crippen molar-refractivity contribution >= 4 is 11.8 Å². The summed E-state index contributed by atoms with van der Waals surface area (Å²) >= 11 is 1.11. The van der Waals surface area contributed by atoms with Crippen LogP contribution in [-0.2, 0) is 0 Å². The topological polar surface area (TPSA) is 23.8 Å². The number of hydrogen-bond donors (Lipinski definition) is 0. The number of benzene rings is 2. The van der Waals surface area contributed by atoms with E-state index in [2.05, 4.69) is 0 Å². The standard InChI is InChI=1S/C13H7F2NS/c14-10-5-6-12(9(7-10)8-16)17-13-4-2-1-3-11(13)15/h1-7H. The Kier molecular flexibility index (Phi) is 3.40. The van der Waals surface area contributed by atoms with Crippen LogP contribution >= 0.6 is 11.8 Å². The third-order valence-corrected chi connectivity index (χ3v) is 3.25. The van der Waals surface area contributed by atoms with Crippen LogP contribution in [0.2, 0.25) is 0 Å². The molecule has 0 aliphatic heterocycles. The van der Waals surface area contributed by atoms with Gasteiger partial charge >= 0.3 is 0 Å². The van der Waals surface area contributed by atoms with Crippen LogP contribution in [0.3, 0.4) is 0 Å². The predicted octanol–water partition coefficient (Wildman–Crippen LogP) is 3.99. The van der Waals surface area contributed by atoms with Crippen molar-refractivity contribution in [3.8, 4) is 6.07 Å². The lowest BCUT2D eigenvalue weighted by Crippen LogP contribution is -1.85. The van der Waals surface area contributed by atoms with Gasteiger partial charge in [-0.3, -0.25) is 0 Å². The van der Waals surface area contributed by atoms with Gasteiger partial charge in [-0.2, -0.15) is 5.26 Å². The summed E-state index contributed by atoms with van der Waals surface area (Å²) in [6.45, 7) is 0. The molecule has 0 aliphatic carbocycles. The average molecular weight is 247 g/mol. The largest absolute Gasteiger partial charge is 0.207 e. The van der Waals surface area contributed by atoms with Crippen molar-refractivity contribution in [3.63, 3.8) is 0 Å². The van der Waals surface area contributed by atoms with Crippen LogP contribution in [0.5, 0.6) is 0 Å². The van der Waals surface area contributed by atoms with E-state index >= 15 is 0 Å². The van der Waals surface area contributed by atoms with Crippen molar-refractivity contribution in [1.82, 2.24) is 0 Å². The van der Waals surface area contributed by atoms with Gasteiger partial charge in [0.25, 0.3) is 0 Å². The molecule has 4 heteroatoms. The van der Waals surface area contributed by atoms with E-state index < -0.39 is 5.82 Å². The first kappa shape index (κ1) is 11.6. The van der Waals surface area contributed by atoms with Gasteiger partial charge in [-0.25, -0.2) is 8.78 Å². The van der Waals surface area contributed by atoms with Gasteiger partial charge in [-0.05, 0) is 30.3 Å². The molecule has 0 saturated heterocycles. The molecule has 0 unspecified atom stereocenters. The molecule has 0 aliphatic rings. The van der Waals surface area contributed by atoms with Gasteiger partial charge < -0.3 is 0 Å². The first-order chi connectivity index (χ1) is 8.20. The minimum absolute atomic E-state index is 0.207. The van der Waals surface area contributed by atoms with Gasteiger partial charge in [0.2, 0.25) is 0 Å². The van der Waals surface area contributed by atoms with Crippen molar-refractivity contribution in [1.29, 1.82) is 5.26 Å². The number of halogens is 2. The van der Waals surface area contributed by atoms with E-state index in [0.29, 0.717) is 9.79 Å². The quantitative estimate of drug-likeness (QED) is 0.801. The Morgan fingerprint density at radius 1 is 1.00 bits per heavy atom. The minimum atomic E-state index is -0.473. The second-order valence-corrected chi connectivity index (χ2v) is 4.37. The Morgan fingerprint density at radius 3 is 2.47 bits per heavy atom. The summed E-state index contributed by atoms with van der Waals surface area (Å²) < 4.78 is 26.3. The third kappa shape index (κ3) is 2.63. The molecule has 0 radical (unpaired) electrons. The van der Waals surface area contributed by atoms with E-state index in [-0.39, 0.29) is 11.4 Å². The molecule has 1 nitrogen and oxygen atoms in total. The molecule has 17 heavy (non-hydrogen) atoms. The summed E-state index contributed by atoms with van der Waals surface area (Å²) in [5.74, 6) is -0.829. The molecule has 0 saturated carbocycles. The molecular formula is C13H7F2NS. The van der Waals surface area contributed by atoms with Gasteiger partial charge in [0.1, 0.15) is 17.7 Å². The van der Waals surface area contributed by atoms with Crippen LogP contribution in [0.1, 0.15) is 5.56 Å². The van der Waals surface area contributed by atoms with Crippen LogP contribution in [0.15, 0.2) is 52.3 Å². The lowest BCUT2D eigenvalue weighted by Gasteiger charge is -2.04. The third-order valence-electron chi connectivity index (χ3n) is 2.12. The Hall–Kier alpha value is -1.86. The van der Waals surface area contributed by atoms with Gasteiger partial charge in [0, 0.05) is 9.79 Å². The van der Waals surface area contributed by atoms with Crippen molar-refractivity contribution in [2.75, 3.05) is 0 Å². The minimum Gasteiger partial charge on any atom is -0.207 e. The SMILES string of the molecule is N#Cc1cc(F)ccc1Sc1ccccc1F. The highest BCUT2D eigenvalue weighted by molar-refractivity contribution is 7.99. The van der Waals surface area contributed by atoms with Crippen LogP contribution < -0.4 is 0 Å². The molecule has 84 valence electrons. The predicted molar refractivity (Wildman–Crippen MR) is 61.6 cm³/mol. The number of nitrogens with zero attached hydrogens (tertiary/aromatic N) is 1. The zero-order chi connectivity index (χ0) is 12.3. The van der Waals surface area contributed by atoms with Crippen molar-refractivity contribution in [2.45, 2.75) is 9.79 Å². The summed E-state index contributed by atoms with van der Waals surface area (Å²) in [5, 5.41) is 8.87. The summed E-state index contributed by atoms with van der Waals surface area (Å²) in [7, 11) is 0. The fourth-order valence-electron chi connectivity index (χ4n) is 1.32. The number of hydrogen-bond acceptors (Lipinski definition) is 2. The maximum atomic E-state index is 13.4. The first-order valence-corrected chi connectivity index (χ1v) is 5.64. The zero-order valence-electron chi connectivity index (χ0n) is 8.65. The molecule has 0 bridgehead atoms. The average Bonchev–Trinajstić information content (AvgIpc) is 2.34. The molecule has 0 fully saturated rings. The fraction of sp³-hybridized carbons (Fsp3) is 0. The molecule has 0 atom stereocenters. The van der Waals surface area contributed by atoms with E-state index in [4.69, 9.17) is 5.26 Å². The van der Waals surface area contributed by atoms with Crippen LogP contribution in [-0.4, -0.2) is 0 Å². The van der Waals surface area contributed by atoms with Gasteiger partial charge in [0.05, 0.1) is 5.56 Å². The Balaban J connectivity index is 2.37. The van der Waals surface area contributed by atoms with Crippen LogP contribution in [0.25, 0.3) is 0 Å². The second kappa shape index (κ2) is 4.98. The van der Waals surface area contributed by atoms with E-state index in [9.17, 15) is 8.78 Å². The molecule has 0 N–H and O–H groups in total. The lowest BCUT2D eigenvalue weighted by atomic mass is 10.2. The highest BCUT2D eigenvalue weighted by Gasteiger charge is 2.08. The molecule has 0 aromatic heterocycles. The van der Waals surface area contributed by atoms with E-state index in [1.54, 1.807) is 18.2 Å². The molecular weight excluding hydrogens is 240 g/mol. The Labute approximate surface area is 102 Å². The highest BCUT2D eigenvalue weighted by Crippen LogP contribution is 2.32. The normalized spacial score (nSPS) is 9.94. The van der Waals surface area contributed by atoms with Crippen LogP contribution in [0.4, 0.5) is 8.78 Å². The highest BCUT2D eigenvalue weighted by atomic mass is 32.2. The molecule has 2 aromatic carbocycles. The summed E-state index contributed by atoms with van der Waals surface area (Å²) in [6.07, 6.45) is 0. The van der Waals surface area contributed by atoms with Gasteiger partial charge in [-0.1, -0.05) is 23.9 Å². The molecule has 2 rings (SSSR count). The smallest absolute Gasteiger partial charge is 0.137 e. The molecule has 0 spiro atoms. The van der Waals surface area contributed by atoms with Crippen molar-refractivity contribution < 1.29 is 8.78 Å². The lowest BCUT2D eigenvalue weighted by molar-refractivity contribution is 0.602. The van der Waals surface area contributed by atoms with E-state index in [1.165, 1.54) is 18.2 Å². The van der Waals surface area contributed by atoms with Gasteiger partial charge in [-0.15, -0.1) is 0 Å². The molecule has 0 amide bonds. The van der Waals surface area contributed by atoms with E-state index in [1.807, 2.05) is 6.07 Å². The maximum Gasteiger partial charge on any atom is 0.137 e.